The number of thioether (sulfide) groups is 1. The van der Waals surface area contributed by atoms with Crippen molar-refractivity contribution in [2.75, 3.05) is 17.7 Å². The predicted octanol–water partition coefficient (Wildman–Crippen LogP) is 8.39. The molecule has 1 unspecified atom stereocenters. The van der Waals surface area contributed by atoms with Crippen LogP contribution in [0.25, 0.3) is 22.0 Å². The third-order valence-electron chi connectivity index (χ3n) is 7.21. The molecule has 8 nitrogen and oxygen atoms in total. The standard InChI is InChI=1S/C36H27N3O5S2/c1-44-26-17-13-22(14-18-26)30-21-45-36(38-30)39-34(41)32(24-7-3-2-4-8-24)46-27-19-15-25(16-20-27)37-33(40)28-11-5-9-23-10-6-12-29(31(23)28)35(42)43/h2-21,32H,1H3,(H,37,40)(H,42,43)(H,38,39,41). The summed E-state index contributed by atoms with van der Waals surface area (Å²) in [7, 11) is 1.62. The lowest BCUT2D eigenvalue weighted by Crippen LogP contribution is -2.19. The number of amides is 2. The van der Waals surface area contributed by atoms with Crippen LogP contribution in [-0.2, 0) is 4.79 Å². The smallest absolute Gasteiger partial charge is 0.336 e. The highest BCUT2D eigenvalue weighted by atomic mass is 32.2. The average molecular weight is 646 g/mol. The van der Waals surface area contributed by atoms with Crippen molar-refractivity contribution >= 4 is 62.5 Å². The van der Waals surface area contributed by atoms with Crippen LogP contribution in [0.15, 0.2) is 126 Å². The van der Waals surface area contributed by atoms with Crippen molar-refractivity contribution in [3.63, 3.8) is 0 Å². The van der Waals surface area contributed by atoms with Crippen LogP contribution in [0.2, 0.25) is 0 Å². The van der Waals surface area contributed by atoms with Gasteiger partial charge in [-0.1, -0.05) is 54.6 Å². The van der Waals surface area contributed by atoms with Crippen LogP contribution in [-0.4, -0.2) is 35.0 Å². The van der Waals surface area contributed by atoms with Crippen molar-refractivity contribution in [1.82, 2.24) is 4.98 Å². The molecule has 0 radical (unpaired) electrons. The van der Waals surface area contributed by atoms with Gasteiger partial charge in [0.15, 0.2) is 5.13 Å². The summed E-state index contributed by atoms with van der Waals surface area (Å²) in [6, 6.07) is 34.3. The van der Waals surface area contributed by atoms with E-state index in [9.17, 15) is 19.5 Å². The average Bonchev–Trinajstić information content (AvgIpc) is 3.56. The van der Waals surface area contributed by atoms with Crippen LogP contribution in [0.3, 0.4) is 0 Å². The minimum Gasteiger partial charge on any atom is -0.497 e. The second-order valence-corrected chi connectivity index (χ2v) is 12.2. The molecule has 0 spiro atoms. The maximum atomic E-state index is 13.6. The molecule has 0 aliphatic carbocycles. The molecule has 6 aromatic rings. The van der Waals surface area contributed by atoms with Crippen molar-refractivity contribution in [3.05, 3.63) is 137 Å². The molecule has 5 aromatic carbocycles. The van der Waals surface area contributed by atoms with E-state index >= 15 is 0 Å². The summed E-state index contributed by atoms with van der Waals surface area (Å²) in [5, 5.41) is 18.4. The normalized spacial score (nSPS) is 11.5. The zero-order valence-electron chi connectivity index (χ0n) is 24.5. The van der Waals surface area contributed by atoms with Crippen molar-refractivity contribution in [2.45, 2.75) is 10.1 Å². The van der Waals surface area contributed by atoms with Crippen LogP contribution in [0.5, 0.6) is 5.75 Å². The highest BCUT2D eigenvalue weighted by molar-refractivity contribution is 8.00. The van der Waals surface area contributed by atoms with Crippen molar-refractivity contribution in [1.29, 1.82) is 0 Å². The molecule has 6 rings (SSSR count). The van der Waals surface area contributed by atoms with E-state index in [1.54, 1.807) is 49.6 Å². The fourth-order valence-electron chi connectivity index (χ4n) is 4.96. The van der Waals surface area contributed by atoms with E-state index in [2.05, 4.69) is 15.6 Å². The summed E-state index contributed by atoms with van der Waals surface area (Å²) in [6.45, 7) is 0. The van der Waals surface area contributed by atoms with Gasteiger partial charge in [-0.05, 0) is 71.6 Å². The molecule has 2 amide bonds. The number of aromatic nitrogens is 1. The van der Waals surface area contributed by atoms with Gasteiger partial charge in [-0.2, -0.15) is 0 Å². The molecular formula is C36H27N3O5S2. The van der Waals surface area contributed by atoms with E-state index in [0.717, 1.165) is 27.5 Å². The zero-order valence-corrected chi connectivity index (χ0v) is 26.1. The number of nitrogens with one attached hydrogen (secondary N) is 2. The summed E-state index contributed by atoms with van der Waals surface area (Å²) in [4.78, 5) is 44.2. The number of ether oxygens (including phenoxy) is 1. The second kappa shape index (κ2) is 13.7. The van der Waals surface area contributed by atoms with Gasteiger partial charge in [-0.25, -0.2) is 9.78 Å². The number of carbonyl (C=O) groups excluding carboxylic acids is 2. The lowest BCUT2D eigenvalue weighted by atomic mass is 9.98. The maximum absolute atomic E-state index is 13.6. The number of thiazole rings is 1. The number of fused-ring (bicyclic) bond motifs is 1. The van der Waals surface area contributed by atoms with E-state index in [-0.39, 0.29) is 17.0 Å². The Balaban J connectivity index is 1.18. The van der Waals surface area contributed by atoms with Gasteiger partial charge in [0.25, 0.3) is 5.91 Å². The van der Waals surface area contributed by atoms with Crippen molar-refractivity contribution in [3.8, 4) is 17.0 Å². The molecule has 10 heteroatoms. The molecular weight excluding hydrogens is 619 g/mol. The molecule has 0 bridgehead atoms. The van der Waals surface area contributed by atoms with Gasteiger partial charge in [-0.3, -0.25) is 9.59 Å². The number of benzene rings is 5. The Labute approximate surface area is 273 Å². The topological polar surface area (TPSA) is 118 Å². The SMILES string of the molecule is COc1ccc(-c2csc(NC(=O)C(Sc3ccc(NC(=O)c4cccc5cccc(C(=O)O)c45)cc3)c3ccccc3)n2)cc1. The molecule has 0 fully saturated rings. The fraction of sp³-hybridized carbons (Fsp3) is 0.0556. The number of hydrogen-bond acceptors (Lipinski definition) is 7. The molecule has 1 atom stereocenters. The van der Waals surface area contributed by atoms with Crippen LogP contribution >= 0.6 is 23.1 Å². The van der Waals surface area contributed by atoms with Gasteiger partial charge in [0.1, 0.15) is 11.0 Å². The number of aromatic carboxylic acids is 1. The Morgan fingerprint density at radius 3 is 2.17 bits per heavy atom. The third-order valence-corrected chi connectivity index (χ3v) is 9.23. The quantitative estimate of drug-likeness (QED) is 0.128. The first kappa shape index (κ1) is 30.6. The van der Waals surface area contributed by atoms with Gasteiger partial charge < -0.3 is 20.5 Å². The largest absolute Gasteiger partial charge is 0.497 e. The number of carboxylic acid groups (broad SMARTS) is 1. The number of anilines is 2. The zero-order chi connectivity index (χ0) is 32.0. The van der Waals surface area contributed by atoms with Gasteiger partial charge in [0.2, 0.25) is 5.91 Å². The Bertz CT molecular complexity index is 2020. The second-order valence-electron chi connectivity index (χ2n) is 10.2. The number of methoxy groups -OCH3 is 1. The number of rotatable bonds is 10. The molecule has 0 aliphatic rings. The molecule has 1 aromatic heterocycles. The highest BCUT2D eigenvalue weighted by Gasteiger charge is 2.24. The minimum atomic E-state index is -1.10. The van der Waals surface area contributed by atoms with E-state index in [1.165, 1.54) is 29.2 Å². The Hall–Kier alpha value is -5.45. The number of carboxylic acids is 1. The first-order chi connectivity index (χ1) is 22.4. The molecule has 0 saturated heterocycles. The van der Waals surface area contributed by atoms with E-state index in [1.807, 2.05) is 72.1 Å². The van der Waals surface area contributed by atoms with Gasteiger partial charge in [-0.15, -0.1) is 23.1 Å². The molecule has 228 valence electrons. The first-order valence-electron chi connectivity index (χ1n) is 14.2. The van der Waals surface area contributed by atoms with Gasteiger partial charge >= 0.3 is 5.97 Å². The number of carbonyl (C=O) groups is 3. The molecule has 0 saturated carbocycles. The summed E-state index contributed by atoms with van der Waals surface area (Å²) >= 11 is 2.73. The van der Waals surface area contributed by atoms with Crippen LogP contribution in [0.4, 0.5) is 10.8 Å². The van der Waals surface area contributed by atoms with Gasteiger partial charge in [0, 0.05) is 32.5 Å². The first-order valence-corrected chi connectivity index (χ1v) is 15.9. The lowest BCUT2D eigenvalue weighted by Gasteiger charge is -2.16. The maximum Gasteiger partial charge on any atom is 0.336 e. The summed E-state index contributed by atoms with van der Waals surface area (Å²) < 4.78 is 5.23. The molecule has 1 heterocycles. The van der Waals surface area contributed by atoms with E-state index in [4.69, 9.17) is 4.74 Å². The van der Waals surface area contributed by atoms with Crippen LogP contribution in [0, 0.1) is 0 Å². The number of nitrogens with zero attached hydrogens (tertiary/aromatic N) is 1. The summed E-state index contributed by atoms with van der Waals surface area (Å²) in [5.41, 5.74) is 3.38. The fourth-order valence-corrected chi connectivity index (χ4v) is 6.70. The van der Waals surface area contributed by atoms with Crippen molar-refractivity contribution < 1.29 is 24.2 Å². The Morgan fingerprint density at radius 2 is 1.50 bits per heavy atom. The van der Waals surface area contributed by atoms with Crippen LogP contribution in [0.1, 0.15) is 31.5 Å². The summed E-state index contributed by atoms with van der Waals surface area (Å²) in [6.07, 6.45) is 0. The molecule has 0 aliphatic heterocycles. The van der Waals surface area contributed by atoms with Crippen molar-refractivity contribution in [2.24, 2.45) is 0 Å². The van der Waals surface area contributed by atoms with E-state index in [0.29, 0.717) is 21.6 Å². The summed E-state index contributed by atoms with van der Waals surface area (Å²) in [5.74, 6) is -0.977. The monoisotopic (exact) mass is 645 g/mol. The number of hydrogen-bond donors (Lipinski definition) is 3. The lowest BCUT2D eigenvalue weighted by molar-refractivity contribution is -0.115. The Kier molecular flexibility index (Phi) is 9.09. The minimum absolute atomic E-state index is 0.0648. The third kappa shape index (κ3) is 6.78. The highest BCUT2D eigenvalue weighted by Crippen LogP contribution is 2.37. The molecule has 3 N–H and O–H groups in total. The van der Waals surface area contributed by atoms with E-state index < -0.39 is 17.1 Å². The van der Waals surface area contributed by atoms with Gasteiger partial charge in [0.05, 0.1) is 18.4 Å². The molecule has 46 heavy (non-hydrogen) atoms. The van der Waals surface area contributed by atoms with Crippen LogP contribution < -0.4 is 15.4 Å². The predicted molar refractivity (Wildman–Crippen MR) is 183 cm³/mol. The Morgan fingerprint density at radius 1 is 0.804 bits per heavy atom.